The summed E-state index contributed by atoms with van der Waals surface area (Å²) in [6.07, 6.45) is 1.35. The van der Waals surface area contributed by atoms with Gasteiger partial charge in [0.15, 0.2) is 0 Å². The molecule has 2 rings (SSSR count). The second kappa shape index (κ2) is 13.9. The summed E-state index contributed by atoms with van der Waals surface area (Å²) in [7, 11) is 0.503. The number of hydrogen-bond acceptors (Lipinski definition) is 7. The monoisotopic (exact) mass is 549 g/mol. The van der Waals surface area contributed by atoms with Gasteiger partial charge in [-0.15, -0.1) is 0 Å². The lowest BCUT2D eigenvalue weighted by Crippen LogP contribution is -2.52. The number of amides is 2. The Kier molecular flexibility index (Phi) is 11.2. The summed E-state index contributed by atoms with van der Waals surface area (Å²) in [5, 5.41) is 2.90. The van der Waals surface area contributed by atoms with Crippen LogP contribution in [0.25, 0.3) is 0 Å². The van der Waals surface area contributed by atoms with E-state index in [0.29, 0.717) is 24.5 Å². The highest BCUT2D eigenvalue weighted by atomic mass is 32.2. The second-order valence-corrected chi connectivity index (χ2v) is 11.1. The van der Waals surface area contributed by atoms with Gasteiger partial charge in [-0.1, -0.05) is 32.9 Å². The van der Waals surface area contributed by atoms with E-state index in [4.69, 9.17) is 14.2 Å². The van der Waals surface area contributed by atoms with Crippen LogP contribution in [-0.4, -0.2) is 71.8 Å². The van der Waals surface area contributed by atoms with E-state index in [0.717, 1.165) is 16.1 Å². The van der Waals surface area contributed by atoms with Crippen LogP contribution in [0.2, 0.25) is 0 Å². The lowest BCUT2D eigenvalue weighted by Gasteiger charge is -2.33. The van der Waals surface area contributed by atoms with E-state index in [9.17, 15) is 18.0 Å². The standard InChI is InChI=1S/C27H39N3O7S/c1-8-23(27(32)28-16-19(2)3)29(17-20-9-11-21(35-4)12-10-20)26(31)18-30(38(7,33)34)24-15-22(36-5)13-14-25(24)37-6/h9-15,19,23H,8,16-18H2,1-7H3,(H,28,32)/t23-/m1/s1. The Morgan fingerprint density at radius 1 is 0.947 bits per heavy atom. The van der Waals surface area contributed by atoms with Gasteiger partial charge in [-0.25, -0.2) is 8.42 Å². The van der Waals surface area contributed by atoms with Crippen molar-refractivity contribution < 1.29 is 32.2 Å². The zero-order valence-corrected chi connectivity index (χ0v) is 24.0. The van der Waals surface area contributed by atoms with Gasteiger partial charge in [0.25, 0.3) is 0 Å². The maximum atomic E-state index is 13.8. The molecule has 2 aromatic rings. The predicted octanol–water partition coefficient (Wildman–Crippen LogP) is 3.06. The summed E-state index contributed by atoms with van der Waals surface area (Å²) in [5.41, 5.74) is 0.920. The Bertz CT molecular complexity index is 1180. The molecule has 0 bridgehead atoms. The van der Waals surface area contributed by atoms with E-state index in [2.05, 4.69) is 5.32 Å². The molecule has 0 heterocycles. The Balaban J connectivity index is 2.50. The smallest absolute Gasteiger partial charge is 0.244 e. The number of methoxy groups -OCH3 is 3. The van der Waals surface area contributed by atoms with E-state index in [1.807, 2.05) is 20.8 Å². The first-order valence-electron chi connectivity index (χ1n) is 12.3. The number of nitrogens with one attached hydrogen (secondary N) is 1. The maximum Gasteiger partial charge on any atom is 0.244 e. The number of carbonyl (C=O) groups excluding carboxylic acids is 2. The second-order valence-electron chi connectivity index (χ2n) is 9.24. The van der Waals surface area contributed by atoms with E-state index in [-0.39, 0.29) is 29.8 Å². The van der Waals surface area contributed by atoms with Crippen molar-refractivity contribution in [3.63, 3.8) is 0 Å². The molecule has 2 amide bonds. The molecule has 210 valence electrons. The number of hydrogen-bond donors (Lipinski definition) is 1. The molecule has 38 heavy (non-hydrogen) atoms. The van der Waals surface area contributed by atoms with Crippen molar-refractivity contribution in [1.29, 1.82) is 0 Å². The highest BCUT2D eigenvalue weighted by Gasteiger charge is 2.32. The third-order valence-electron chi connectivity index (χ3n) is 5.92. The van der Waals surface area contributed by atoms with Gasteiger partial charge >= 0.3 is 0 Å². The van der Waals surface area contributed by atoms with Crippen LogP contribution in [0, 0.1) is 5.92 Å². The van der Waals surface area contributed by atoms with E-state index < -0.39 is 28.5 Å². The average molecular weight is 550 g/mol. The molecule has 10 nitrogen and oxygen atoms in total. The van der Waals surface area contributed by atoms with Crippen LogP contribution in [0.15, 0.2) is 42.5 Å². The molecule has 11 heteroatoms. The quantitative estimate of drug-likeness (QED) is 0.385. The van der Waals surface area contributed by atoms with E-state index in [1.54, 1.807) is 43.5 Å². The van der Waals surface area contributed by atoms with Gasteiger partial charge in [0.2, 0.25) is 21.8 Å². The number of carbonyl (C=O) groups is 2. The van der Waals surface area contributed by atoms with Gasteiger partial charge < -0.3 is 24.4 Å². The first kappa shape index (κ1) is 30.8. The Hall–Kier alpha value is -3.47. The Labute approximate surface area is 225 Å². The molecule has 2 aromatic carbocycles. The first-order valence-corrected chi connectivity index (χ1v) is 14.2. The normalized spacial score (nSPS) is 12.0. The molecule has 0 radical (unpaired) electrons. The van der Waals surface area contributed by atoms with Crippen LogP contribution in [-0.2, 0) is 26.2 Å². The SMILES string of the molecule is CC[C@H](C(=O)NCC(C)C)N(Cc1ccc(OC)cc1)C(=O)CN(c1cc(OC)ccc1OC)S(C)(=O)=O. The first-order chi connectivity index (χ1) is 17.9. The molecule has 0 aliphatic rings. The summed E-state index contributed by atoms with van der Waals surface area (Å²) < 4.78 is 42.6. The van der Waals surface area contributed by atoms with Gasteiger partial charge in [-0.05, 0) is 42.2 Å². The molecule has 0 spiro atoms. The molecule has 1 N–H and O–H groups in total. The summed E-state index contributed by atoms with van der Waals surface area (Å²) in [6.45, 7) is 5.79. The number of anilines is 1. The van der Waals surface area contributed by atoms with Gasteiger partial charge in [0, 0.05) is 19.2 Å². The van der Waals surface area contributed by atoms with Crippen LogP contribution in [0.4, 0.5) is 5.69 Å². The van der Waals surface area contributed by atoms with Crippen LogP contribution in [0.3, 0.4) is 0 Å². The van der Waals surface area contributed by atoms with Crippen LogP contribution in [0.1, 0.15) is 32.8 Å². The molecule has 0 unspecified atom stereocenters. The fourth-order valence-corrected chi connectivity index (χ4v) is 4.70. The van der Waals surface area contributed by atoms with E-state index >= 15 is 0 Å². The Morgan fingerprint density at radius 2 is 1.55 bits per heavy atom. The number of nitrogens with zero attached hydrogens (tertiary/aromatic N) is 2. The average Bonchev–Trinajstić information content (AvgIpc) is 2.89. The molecule has 1 atom stereocenters. The number of benzene rings is 2. The fraction of sp³-hybridized carbons (Fsp3) is 0.481. The topological polar surface area (TPSA) is 114 Å². The summed E-state index contributed by atoms with van der Waals surface area (Å²) in [5.74, 6) is 0.699. The molecule has 0 saturated carbocycles. The summed E-state index contributed by atoms with van der Waals surface area (Å²) in [6, 6.07) is 11.0. The van der Waals surface area contributed by atoms with E-state index in [1.165, 1.54) is 25.2 Å². The maximum absolute atomic E-state index is 13.8. The largest absolute Gasteiger partial charge is 0.497 e. The number of sulfonamides is 1. The van der Waals surface area contributed by atoms with Crippen molar-refractivity contribution in [3.8, 4) is 17.2 Å². The summed E-state index contributed by atoms with van der Waals surface area (Å²) >= 11 is 0. The zero-order chi connectivity index (χ0) is 28.5. The van der Waals surface area contributed by atoms with Crippen molar-refractivity contribution in [1.82, 2.24) is 10.2 Å². The molecule has 0 aromatic heterocycles. The molecule has 0 aliphatic carbocycles. The Morgan fingerprint density at radius 3 is 2.05 bits per heavy atom. The molecular weight excluding hydrogens is 510 g/mol. The van der Waals surface area contributed by atoms with Gasteiger partial charge in [-0.2, -0.15) is 0 Å². The molecule has 0 fully saturated rings. The molecular formula is C27H39N3O7S. The minimum atomic E-state index is -3.93. The molecule has 0 saturated heterocycles. The minimum absolute atomic E-state index is 0.100. The third kappa shape index (κ3) is 8.27. The number of ether oxygens (including phenoxy) is 3. The third-order valence-corrected chi connectivity index (χ3v) is 7.04. The van der Waals surface area contributed by atoms with Crippen LogP contribution in [0.5, 0.6) is 17.2 Å². The summed E-state index contributed by atoms with van der Waals surface area (Å²) in [4.78, 5) is 28.4. The van der Waals surface area contributed by atoms with Crippen molar-refractivity contribution >= 4 is 27.5 Å². The highest BCUT2D eigenvalue weighted by molar-refractivity contribution is 7.92. The van der Waals surface area contributed by atoms with Crippen molar-refractivity contribution in [2.45, 2.75) is 39.8 Å². The van der Waals surface area contributed by atoms with Gasteiger partial charge in [0.1, 0.15) is 29.8 Å². The van der Waals surface area contributed by atoms with Crippen molar-refractivity contribution in [3.05, 3.63) is 48.0 Å². The van der Waals surface area contributed by atoms with Crippen molar-refractivity contribution in [2.24, 2.45) is 5.92 Å². The lowest BCUT2D eigenvalue weighted by molar-refractivity contribution is -0.140. The number of rotatable bonds is 14. The lowest BCUT2D eigenvalue weighted by atomic mass is 10.1. The molecule has 0 aliphatic heterocycles. The minimum Gasteiger partial charge on any atom is -0.497 e. The van der Waals surface area contributed by atoms with Gasteiger partial charge in [0.05, 0.1) is 33.3 Å². The zero-order valence-electron chi connectivity index (χ0n) is 23.2. The van der Waals surface area contributed by atoms with Crippen LogP contribution < -0.4 is 23.8 Å². The predicted molar refractivity (Wildman–Crippen MR) is 147 cm³/mol. The highest BCUT2D eigenvalue weighted by Crippen LogP contribution is 2.34. The van der Waals surface area contributed by atoms with Gasteiger partial charge in [-0.3, -0.25) is 13.9 Å². The van der Waals surface area contributed by atoms with Crippen molar-refractivity contribution in [2.75, 3.05) is 45.0 Å². The van der Waals surface area contributed by atoms with Crippen LogP contribution >= 0.6 is 0 Å². The fourth-order valence-electron chi connectivity index (χ4n) is 3.86.